The number of hydrogen-bond donors (Lipinski definition) is 1. The zero-order valence-electron chi connectivity index (χ0n) is 10.7. The molecule has 2 rings (SSSR count). The summed E-state index contributed by atoms with van der Waals surface area (Å²) in [7, 11) is 0. The van der Waals surface area contributed by atoms with Gasteiger partial charge in [-0.15, -0.1) is 0 Å². The van der Waals surface area contributed by atoms with Crippen LogP contribution in [0.25, 0.3) is 0 Å². The van der Waals surface area contributed by atoms with E-state index < -0.39 is 17.8 Å². The third kappa shape index (κ3) is 3.69. The molecule has 1 aliphatic rings. The van der Waals surface area contributed by atoms with Gasteiger partial charge >= 0.3 is 6.18 Å². The molecule has 5 heteroatoms. The Balaban J connectivity index is 2.12. The van der Waals surface area contributed by atoms with Gasteiger partial charge in [-0.25, -0.2) is 0 Å². The SMILES string of the molecule is OC(CC1CCCCC1)c1cnccc1C(F)(F)F. The molecule has 1 unspecified atom stereocenters. The molecule has 1 aliphatic carbocycles. The normalized spacial score (nSPS) is 19.4. The van der Waals surface area contributed by atoms with Gasteiger partial charge in [-0.3, -0.25) is 4.98 Å². The first-order valence-corrected chi connectivity index (χ1v) is 6.67. The minimum absolute atomic E-state index is 0.0967. The highest BCUT2D eigenvalue weighted by Crippen LogP contribution is 2.37. The number of nitrogens with zero attached hydrogens (tertiary/aromatic N) is 1. The lowest BCUT2D eigenvalue weighted by atomic mass is 9.84. The fourth-order valence-electron chi connectivity index (χ4n) is 2.80. The highest BCUT2D eigenvalue weighted by Gasteiger charge is 2.35. The van der Waals surface area contributed by atoms with Crippen molar-refractivity contribution in [3.63, 3.8) is 0 Å². The van der Waals surface area contributed by atoms with E-state index >= 15 is 0 Å². The van der Waals surface area contributed by atoms with Crippen LogP contribution in [0.1, 0.15) is 55.8 Å². The third-order valence-corrected chi connectivity index (χ3v) is 3.80. The van der Waals surface area contributed by atoms with E-state index in [0.717, 1.165) is 44.1 Å². The fraction of sp³-hybridized carbons (Fsp3) is 0.643. The van der Waals surface area contributed by atoms with Crippen LogP contribution in [0.15, 0.2) is 18.5 Å². The molecule has 0 aromatic carbocycles. The maximum absolute atomic E-state index is 12.8. The number of pyridine rings is 1. The van der Waals surface area contributed by atoms with Crippen LogP contribution in [-0.4, -0.2) is 10.1 Å². The number of halogens is 3. The molecule has 0 amide bonds. The Kier molecular flexibility index (Phi) is 4.45. The van der Waals surface area contributed by atoms with Gasteiger partial charge in [0.15, 0.2) is 0 Å². The summed E-state index contributed by atoms with van der Waals surface area (Å²) >= 11 is 0. The molecule has 1 atom stereocenters. The van der Waals surface area contributed by atoms with E-state index in [9.17, 15) is 18.3 Å². The Hall–Kier alpha value is -1.10. The standard InChI is InChI=1S/C14H18F3NO/c15-14(16,17)12-6-7-18-9-11(12)13(19)8-10-4-2-1-3-5-10/h6-7,9-10,13,19H,1-5,8H2. The molecule has 1 heterocycles. The van der Waals surface area contributed by atoms with E-state index in [2.05, 4.69) is 4.98 Å². The Morgan fingerprint density at radius 1 is 1.26 bits per heavy atom. The molecule has 0 saturated heterocycles. The summed E-state index contributed by atoms with van der Waals surface area (Å²) in [4.78, 5) is 3.71. The Labute approximate surface area is 110 Å². The van der Waals surface area contributed by atoms with Crippen LogP contribution >= 0.6 is 0 Å². The molecular weight excluding hydrogens is 255 g/mol. The summed E-state index contributed by atoms with van der Waals surface area (Å²) in [6.07, 6.45) is 2.53. The number of alkyl halides is 3. The lowest BCUT2D eigenvalue weighted by Crippen LogP contribution is -2.16. The second-order valence-corrected chi connectivity index (χ2v) is 5.22. The molecule has 19 heavy (non-hydrogen) atoms. The number of hydrogen-bond acceptors (Lipinski definition) is 2. The van der Waals surface area contributed by atoms with E-state index in [0.29, 0.717) is 12.3 Å². The average molecular weight is 273 g/mol. The number of aromatic nitrogens is 1. The number of rotatable bonds is 3. The van der Waals surface area contributed by atoms with Gasteiger partial charge in [0.1, 0.15) is 0 Å². The maximum atomic E-state index is 12.8. The smallest absolute Gasteiger partial charge is 0.388 e. The molecule has 1 aromatic rings. The molecule has 0 spiro atoms. The average Bonchev–Trinajstić information content (AvgIpc) is 2.39. The van der Waals surface area contributed by atoms with Gasteiger partial charge in [0.2, 0.25) is 0 Å². The van der Waals surface area contributed by atoms with E-state index in [1.165, 1.54) is 6.42 Å². The van der Waals surface area contributed by atoms with Crippen molar-refractivity contribution < 1.29 is 18.3 Å². The van der Waals surface area contributed by atoms with Gasteiger partial charge in [0.05, 0.1) is 11.7 Å². The first kappa shape index (κ1) is 14.3. The van der Waals surface area contributed by atoms with Crippen LogP contribution < -0.4 is 0 Å². The molecule has 1 aromatic heterocycles. The van der Waals surface area contributed by atoms with Crippen LogP contribution in [0.2, 0.25) is 0 Å². The second kappa shape index (κ2) is 5.90. The highest BCUT2D eigenvalue weighted by molar-refractivity contribution is 5.28. The quantitative estimate of drug-likeness (QED) is 0.899. The zero-order valence-corrected chi connectivity index (χ0v) is 10.7. The van der Waals surface area contributed by atoms with Gasteiger partial charge in [-0.05, 0) is 18.4 Å². The van der Waals surface area contributed by atoms with Gasteiger partial charge in [-0.1, -0.05) is 32.1 Å². The Bertz CT molecular complexity index is 413. The first-order chi connectivity index (χ1) is 8.98. The summed E-state index contributed by atoms with van der Waals surface area (Å²) in [5.74, 6) is 0.324. The second-order valence-electron chi connectivity index (χ2n) is 5.22. The van der Waals surface area contributed by atoms with Crippen LogP contribution in [0.5, 0.6) is 0 Å². The van der Waals surface area contributed by atoms with Crippen molar-refractivity contribution >= 4 is 0 Å². The number of aliphatic hydroxyl groups is 1. The van der Waals surface area contributed by atoms with E-state index in [1.54, 1.807) is 0 Å². The van der Waals surface area contributed by atoms with Crippen molar-refractivity contribution in [2.75, 3.05) is 0 Å². The van der Waals surface area contributed by atoms with Crippen molar-refractivity contribution in [1.29, 1.82) is 0 Å². The van der Waals surface area contributed by atoms with Crippen molar-refractivity contribution in [1.82, 2.24) is 4.98 Å². The van der Waals surface area contributed by atoms with Gasteiger partial charge in [0.25, 0.3) is 0 Å². The lowest BCUT2D eigenvalue weighted by molar-refractivity contribution is -0.139. The van der Waals surface area contributed by atoms with Crippen molar-refractivity contribution in [3.8, 4) is 0 Å². The third-order valence-electron chi connectivity index (χ3n) is 3.80. The molecule has 1 saturated carbocycles. The van der Waals surface area contributed by atoms with Gasteiger partial charge < -0.3 is 5.11 Å². The monoisotopic (exact) mass is 273 g/mol. The van der Waals surface area contributed by atoms with Crippen molar-refractivity contribution in [2.24, 2.45) is 5.92 Å². The van der Waals surface area contributed by atoms with Crippen LogP contribution in [0, 0.1) is 5.92 Å². The minimum atomic E-state index is -4.44. The highest BCUT2D eigenvalue weighted by atomic mass is 19.4. The van der Waals surface area contributed by atoms with Gasteiger partial charge in [0, 0.05) is 18.0 Å². The summed E-state index contributed by atoms with van der Waals surface area (Å²) in [5.41, 5.74) is -0.869. The first-order valence-electron chi connectivity index (χ1n) is 6.67. The summed E-state index contributed by atoms with van der Waals surface area (Å²) in [6.45, 7) is 0. The van der Waals surface area contributed by atoms with E-state index in [1.807, 2.05) is 0 Å². The summed E-state index contributed by atoms with van der Waals surface area (Å²) < 4.78 is 38.5. The minimum Gasteiger partial charge on any atom is -0.388 e. The predicted molar refractivity (Wildman–Crippen MR) is 65.4 cm³/mol. The molecule has 106 valence electrons. The fourth-order valence-corrected chi connectivity index (χ4v) is 2.80. The largest absolute Gasteiger partial charge is 0.416 e. The number of aliphatic hydroxyl groups excluding tert-OH is 1. The molecule has 0 bridgehead atoms. The van der Waals surface area contributed by atoms with Crippen LogP contribution in [-0.2, 0) is 6.18 Å². The summed E-state index contributed by atoms with van der Waals surface area (Å²) in [6, 6.07) is 0.930. The van der Waals surface area contributed by atoms with Crippen molar-refractivity contribution in [3.05, 3.63) is 29.6 Å². The van der Waals surface area contributed by atoms with E-state index in [-0.39, 0.29) is 5.56 Å². The van der Waals surface area contributed by atoms with Crippen LogP contribution in [0.4, 0.5) is 13.2 Å². The maximum Gasteiger partial charge on any atom is 0.416 e. The van der Waals surface area contributed by atoms with Crippen LogP contribution in [0.3, 0.4) is 0 Å². The van der Waals surface area contributed by atoms with Gasteiger partial charge in [-0.2, -0.15) is 13.2 Å². The topological polar surface area (TPSA) is 33.1 Å². The molecule has 2 nitrogen and oxygen atoms in total. The lowest BCUT2D eigenvalue weighted by Gasteiger charge is -2.25. The molecular formula is C14H18F3NO. The molecule has 0 radical (unpaired) electrons. The zero-order chi connectivity index (χ0) is 13.9. The summed E-state index contributed by atoms with van der Waals surface area (Å²) in [5, 5.41) is 10.1. The molecule has 0 aliphatic heterocycles. The Morgan fingerprint density at radius 2 is 1.95 bits per heavy atom. The molecule has 1 fully saturated rings. The van der Waals surface area contributed by atoms with E-state index in [4.69, 9.17) is 0 Å². The molecule has 1 N–H and O–H groups in total. The predicted octanol–water partition coefficient (Wildman–Crippen LogP) is 4.10. The van der Waals surface area contributed by atoms with Crippen molar-refractivity contribution in [2.45, 2.75) is 50.8 Å². The Morgan fingerprint density at radius 3 is 2.58 bits per heavy atom.